The summed E-state index contributed by atoms with van der Waals surface area (Å²) in [5.41, 5.74) is -0.463. The van der Waals surface area contributed by atoms with E-state index in [0.717, 1.165) is 36.9 Å². The standard InChI is InChI=1S/C20H22F3N5O2/c1-13-24-16(12-17(25-13)27-8-10-30-11-9-27)26-4-6-28(7-5-26)20(29)14-2-3-15(21)19(23)18(14)22/h2-3,12H,4-11H2,1H3. The first-order chi connectivity index (χ1) is 14.4. The third-order valence-corrected chi connectivity index (χ3v) is 5.30. The molecule has 2 fully saturated rings. The Morgan fingerprint density at radius 3 is 2.13 bits per heavy atom. The molecule has 0 saturated carbocycles. The number of morpholine rings is 1. The van der Waals surface area contributed by atoms with Crippen molar-refractivity contribution in [3.8, 4) is 0 Å². The van der Waals surface area contributed by atoms with Gasteiger partial charge >= 0.3 is 0 Å². The predicted molar refractivity (Wildman–Crippen MR) is 104 cm³/mol. The van der Waals surface area contributed by atoms with Crippen LogP contribution in [0.2, 0.25) is 0 Å². The fourth-order valence-electron chi connectivity index (χ4n) is 3.65. The average Bonchev–Trinajstić information content (AvgIpc) is 2.77. The summed E-state index contributed by atoms with van der Waals surface area (Å²) in [5, 5.41) is 0. The van der Waals surface area contributed by atoms with Gasteiger partial charge in [-0.15, -0.1) is 0 Å². The maximum absolute atomic E-state index is 14.0. The van der Waals surface area contributed by atoms with Crippen LogP contribution in [0.1, 0.15) is 16.2 Å². The van der Waals surface area contributed by atoms with E-state index < -0.39 is 28.9 Å². The lowest BCUT2D eigenvalue weighted by Crippen LogP contribution is -2.49. The summed E-state index contributed by atoms with van der Waals surface area (Å²) in [6.45, 7) is 6.25. The highest BCUT2D eigenvalue weighted by Crippen LogP contribution is 2.23. The monoisotopic (exact) mass is 421 g/mol. The Hall–Kier alpha value is -2.88. The lowest BCUT2D eigenvalue weighted by Gasteiger charge is -2.36. The normalized spacial score (nSPS) is 17.4. The van der Waals surface area contributed by atoms with Gasteiger partial charge in [-0.25, -0.2) is 23.1 Å². The minimum absolute atomic E-state index is 0.313. The van der Waals surface area contributed by atoms with E-state index >= 15 is 0 Å². The SMILES string of the molecule is Cc1nc(N2CCOCC2)cc(N2CCN(C(=O)c3ccc(F)c(F)c3F)CC2)n1. The zero-order valence-electron chi connectivity index (χ0n) is 16.6. The van der Waals surface area contributed by atoms with Crippen molar-refractivity contribution in [2.75, 3.05) is 62.3 Å². The second-order valence-corrected chi connectivity index (χ2v) is 7.23. The van der Waals surface area contributed by atoms with E-state index in [2.05, 4.69) is 14.9 Å². The first-order valence-electron chi connectivity index (χ1n) is 9.80. The molecule has 2 aliphatic heterocycles. The van der Waals surface area contributed by atoms with Gasteiger partial charge in [0.15, 0.2) is 17.5 Å². The Bertz CT molecular complexity index is 944. The maximum atomic E-state index is 14.0. The van der Waals surface area contributed by atoms with Crippen LogP contribution in [0.3, 0.4) is 0 Å². The fourth-order valence-corrected chi connectivity index (χ4v) is 3.65. The van der Waals surface area contributed by atoms with Crippen molar-refractivity contribution in [3.63, 3.8) is 0 Å². The van der Waals surface area contributed by atoms with E-state index in [9.17, 15) is 18.0 Å². The van der Waals surface area contributed by atoms with Crippen molar-refractivity contribution in [3.05, 3.63) is 47.0 Å². The summed E-state index contributed by atoms with van der Waals surface area (Å²) < 4.78 is 46.0. The molecule has 30 heavy (non-hydrogen) atoms. The smallest absolute Gasteiger partial charge is 0.257 e. The molecule has 7 nitrogen and oxygen atoms in total. The largest absolute Gasteiger partial charge is 0.378 e. The molecule has 0 N–H and O–H groups in total. The van der Waals surface area contributed by atoms with Gasteiger partial charge < -0.3 is 19.4 Å². The number of rotatable bonds is 3. The van der Waals surface area contributed by atoms with E-state index in [1.165, 1.54) is 4.90 Å². The molecule has 2 aliphatic rings. The average molecular weight is 421 g/mol. The highest BCUT2D eigenvalue weighted by molar-refractivity contribution is 5.94. The van der Waals surface area contributed by atoms with Crippen LogP contribution >= 0.6 is 0 Å². The van der Waals surface area contributed by atoms with Crippen LogP contribution in [-0.2, 0) is 4.74 Å². The van der Waals surface area contributed by atoms with Gasteiger partial charge in [-0.05, 0) is 19.1 Å². The summed E-state index contributed by atoms with van der Waals surface area (Å²) in [6, 6.07) is 3.66. The number of anilines is 2. The Morgan fingerprint density at radius 2 is 1.50 bits per heavy atom. The Morgan fingerprint density at radius 1 is 0.900 bits per heavy atom. The molecule has 2 aromatic rings. The summed E-state index contributed by atoms with van der Waals surface area (Å²) in [5.74, 6) is -2.81. The van der Waals surface area contributed by atoms with Gasteiger partial charge in [0.2, 0.25) is 0 Å². The molecule has 4 rings (SSSR count). The number of benzene rings is 1. The van der Waals surface area contributed by atoms with Gasteiger partial charge in [0.05, 0.1) is 18.8 Å². The zero-order valence-corrected chi connectivity index (χ0v) is 16.6. The minimum Gasteiger partial charge on any atom is -0.378 e. The molecular weight excluding hydrogens is 399 g/mol. The molecule has 1 aromatic heterocycles. The molecule has 1 aromatic carbocycles. The molecule has 0 unspecified atom stereocenters. The lowest BCUT2D eigenvalue weighted by atomic mass is 10.1. The molecule has 160 valence electrons. The Kier molecular flexibility index (Phi) is 5.76. The Labute approximate surface area is 172 Å². The third kappa shape index (κ3) is 4.04. The van der Waals surface area contributed by atoms with Crippen LogP contribution in [0, 0.1) is 24.4 Å². The van der Waals surface area contributed by atoms with Gasteiger partial charge in [-0.3, -0.25) is 4.79 Å². The zero-order chi connectivity index (χ0) is 21.3. The van der Waals surface area contributed by atoms with Gasteiger partial charge in [0.25, 0.3) is 5.91 Å². The second-order valence-electron chi connectivity index (χ2n) is 7.23. The predicted octanol–water partition coefficient (Wildman–Crippen LogP) is 2.00. The highest BCUT2D eigenvalue weighted by atomic mass is 19.2. The summed E-state index contributed by atoms with van der Waals surface area (Å²) in [6.07, 6.45) is 0. The van der Waals surface area contributed by atoms with Crippen LogP contribution in [0.25, 0.3) is 0 Å². The number of aromatic nitrogens is 2. The van der Waals surface area contributed by atoms with Crippen molar-refractivity contribution in [2.45, 2.75) is 6.92 Å². The topological polar surface area (TPSA) is 61.8 Å². The lowest BCUT2D eigenvalue weighted by molar-refractivity contribution is 0.0740. The molecule has 10 heteroatoms. The summed E-state index contributed by atoms with van der Waals surface area (Å²) in [7, 11) is 0. The molecular formula is C20H22F3N5O2. The van der Waals surface area contributed by atoms with Crippen molar-refractivity contribution in [1.82, 2.24) is 14.9 Å². The number of ether oxygens (including phenoxy) is 1. The van der Waals surface area contributed by atoms with E-state index in [4.69, 9.17) is 4.74 Å². The number of amides is 1. The van der Waals surface area contributed by atoms with Crippen molar-refractivity contribution < 1.29 is 22.7 Å². The van der Waals surface area contributed by atoms with Crippen molar-refractivity contribution in [1.29, 1.82) is 0 Å². The number of hydrogen-bond acceptors (Lipinski definition) is 6. The van der Waals surface area contributed by atoms with Gasteiger partial charge in [0, 0.05) is 45.3 Å². The van der Waals surface area contributed by atoms with Crippen LogP contribution in [0.15, 0.2) is 18.2 Å². The van der Waals surface area contributed by atoms with E-state index in [1.54, 1.807) is 0 Å². The van der Waals surface area contributed by atoms with Gasteiger partial charge in [-0.1, -0.05) is 0 Å². The first-order valence-corrected chi connectivity index (χ1v) is 9.80. The number of carbonyl (C=O) groups excluding carboxylic acids is 1. The van der Waals surface area contributed by atoms with E-state index in [1.807, 2.05) is 17.9 Å². The number of hydrogen-bond donors (Lipinski definition) is 0. The minimum atomic E-state index is -1.63. The van der Waals surface area contributed by atoms with E-state index in [-0.39, 0.29) is 0 Å². The molecule has 2 saturated heterocycles. The third-order valence-electron chi connectivity index (χ3n) is 5.30. The van der Waals surface area contributed by atoms with E-state index in [0.29, 0.717) is 45.2 Å². The molecule has 0 aliphatic carbocycles. The number of piperazine rings is 1. The summed E-state index contributed by atoms with van der Waals surface area (Å²) >= 11 is 0. The quantitative estimate of drug-likeness (QED) is 0.707. The maximum Gasteiger partial charge on any atom is 0.257 e. The molecule has 1 amide bonds. The number of carbonyl (C=O) groups is 1. The van der Waals surface area contributed by atoms with Crippen LogP contribution in [0.4, 0.5) is 24.8 Å². The number of halogens is 3. The number of aryl methyl sites for hydroxylation is 1. The van der Waals surface area contributed by atoms with Gasteiger partial charge in [0.1, 0.15) is 17.5 Å². The first kappa shape index (κ1) is 20.4. The van der Waals surface area contributed by atoms with Crippen LogP contribution in [0.5, 0.6) is 0 Å². The highest BCUT2D eigenvalue weighted by Gasteiger charge is 2.27. The van der Waals surface area contributed by atoms with Gasteiger partial charge in [-0.2, -0.15) is 0 Å². The molecule has 0 atom stereocenters. The van der Waals surface area contributed by atoms with Crippen LogP contribution < -0.4 is 9.80 Å². The second kappa shape index (κ2) is 8.47. The molecule has 0 spiro atoms. The molecule has 3 heterocycles. The fraction of sp³-hybridized carbons (Fsp3) is 0.450. The Balaban J connectivity index is 1.45. The number of nitrogens with zero attached hydrogens (tertiary/aromatic N) is 5. The molecule has 0 bridgehead atoms. The summed E-state index contributed by atoms with van der Waals surface area (Å²) in [4.78, 5) is 27.2. The van der Waals surface area contributed by atoms with Crippen molar-refractivity contribution >= 4 is 17.5 Å². The van der Waals surface area contributed by atoms with Crippen LogP contribution in [-0.4, -0.2) is 73.3 Å². The van der Waals surface area contributed by atoms with Crippen molar-refractivity contribution in [2.24, 2.45) is 0 Å². The molecule has 0 radical (unpaired) electrons.